The zero-order valence-electron chi connectivity index (χ0n) is 9.83. The Balaban J connectivity index is 1.75. The molecule has 0 aromatic carbocycles. The smallest absolute Gasteiger partial charge is 0.329 e. The van der Waals surface area contributed by atoms with Crippen LogP contribution in [0.3, 0.4) is 0 Å². The number of hydrogen-bond donors (Lipinski definition) is 2. The second-order valence-electron chi connectivity index (χ2n) is 3.48. The molecule has 0 saturated carbocycles. The van der Waals surface area contributed by atoms with Crippen molar-refractivity contribution < 1.29 is 14.0 Å². The maximum atomic E-state index is 11.4. The average Bonchev–Trinajstić information content (AvgIpc) is 3.08. The number of rotatable bonds is 4. The Bertz CT molecular complexity index is 561. The number of carbonyl (C=O) groups is 2. The Labute approximate surface area is 113 Å². The lowest BCUT2D eigenvalue weighted by molar-refractivity contribution is -0.139. The van der Waals surface area contributed by atoms with Crippen LogP contribution >= 0.6 is 11.3 Å². The standard InChI is InChI=1S/C12H11N3O3S/c16-11(13-7-9-3-1-5-18-9)12(17)15-14-8-10-4-2-6-19-10/h1-6,8H,7H2,(H,13,16)(H,15,17)/b14-8-. The lowest BCUT2D eigenvalue weighted by Crippen LogP contribution is -2.37. The van der Waals surface area contributed by atoms with Gasteiger partial charge in [0.15, 0.2) is 0 Å². The maximum Gasteiger partial charge on any atom is 0.329 e. The lowest BCUT2D eigenvalue weighted by Gasteiger charge is -2.01. The zero-order valence-corrected chi connectivity index (χ0v) is 10.6. The molecule has 98 valence electrons. The van der Waals surface area contributed by atoms with Crippen LogP contribution in [0.15, 0.2) is 45.4 Å². The second-order valence-corrected chi connectivity index (χ2v) is 4.46. The highest BCUT2D eigenvalue weighted by Gasteiger charge is 2.12. The molecular formula is C12H11N3O3S. The van der Waals surface area contributed by atoms with Gasteiger partial charge in [0.2, 0.25) is 0 Å². The van der Waals surface area contributed by atoms with E-state index in [1.165, 1.54) is 23.8 Å². The van der Waals surface area contributed by atoms with Gasteiger partial charge >= 0.3 is 11.8 Å². The van der Waals surface area contributed by atoms with Crippen LogP contribution in [0.25, 0.3) is 0 Å². The summed E-state index contributed by atoms with van der Waals surface area (Å²) in [5.41, 5.74) is 2.15. The minimum Gasteiger partial charge on any atom is -0.467 e. The number of amides is 2. The number of nitrogens with zero attached hydrogens (tertiary/aromatic N) is 1. The number of carbonyl (C=O) groups excluding carboxylic acids is 2. The van der Waals surface area contributed by atoms with Crippen LogP contribution in [0, 0.1) is 0 Å². The van der Waals surface area contributed by atoms with Crippen molar-refractivity contribution in [3.05, 3.63) is 46.5 Å². The largest absolute Gasteiger partial charge is 0.467 e. The van der Waals surface area contributed by atoms with E-state index in [9.17, 15) is 9.59 Å². The third kappa shape index (κ3) is 4.07. The van der Waals surface area contributed by atoms with Crippen LogP contribution in [-0.4, -0.2) is 18.0 Å². The molecule has 2 aromatic rings. The van der Waals surface area contributed by atoms with Gasteiger partial charge in [0, 0.05) is 4.88 Å². The summed E-state index contributed by atoms with van der Waals surface area (Å²) in [5, 5.41) is 7.98. The number of hydrogen-bond acceptors (Lipinski definition) is 5. The monoisotopic (exact) mass is 277 g/mol. The first-order valence-electron chi connectivity index (χ1n) is 5.43. The molecule has 2 aromatic heterocycles. The third-order valence-electron chi connectivity index (χ3n) is 2.11. The molecule has 2 heterocycles. The van der Waals surface area contributed by atoms with E-state index in [0.717, 1.165) is 4.88 Å². The summed E-state index contributed by atoms with van der Waals surface area (Å²) in [5.74, 6) is -1.01. The molecule has 2 amide bonds. The van der Waals surface area contributed by atoms with E-state index in [1.807, 2.05) is 17.5 Å². The number of hydrazone groups is 1. The predicted molar refractivity (Wildman–Crippen MR) is 70.6 cm³/mol. The zero-order chi connectivity index (χ0) is 13.5. The summed E-state index contributed by atoms with van der Waals surface area (Å²) in [4.78, 5) is 23.6. The Hall–Kier alpha value is -2.41. The molecule has 0 bridgehead atoms. The number of thiophene rings is 1. The average molecular weight is 277 g/mol. The van der Waals surface area contributed by atoms with Crippen molar-refractivity contribution in [2.45, 2.75) is 6.54 Å². The van der Waals surface area contributed by atoms with Crippen molar-refractivity contribution >= 4 is 29.4 Å². The van der Waals surface area contributed by atoms with E-state index in [4.69, 9.17) is 4.42 Å². The van der Waals surface area contributed by atoms with Crippen LogP contribution < -0.4 is 10.7 Å². The molecule has 2 N–H and O–H groups in total. The molecule has 0 saturated heterocycles. The Morgan fingerprint density at radius 3 is 2.89 bits per heavy atom. The molecule has 0 aliphatic rings. The van der Waals surface area contributed by atoms with Gasteiger partial charge in [0.1, 0.15) is 5.76 Å². The maximum absolute atomic E-state index is 11.4. The van der Waals surface area contributed by atoms with Crippen LogP contribution in [0.2, 0.25) is 0 Å². The summed E-state index contributed by atoms with van der Waals surface area (Å²) in [6, 6.07) is 7.11. The fourth-order valence-electron chi connectivity index (χ4n) is 1.23. The fourth-order valence-corrected chi connectivity index (χ4v) is 1.82. The molecule has 2 rings (SSSR count). The van der Waals surface area contributed by atoms with E-state index >= 15 is 0 Å². The fraction of sp³-hybridized carbons (Fsp3) is 0.0833. The first-order valence-corrected chi connectivity index (χ1v) is 6.31. The highest BCUT2D eigenvalue weighted by Crippen LogP contribution is 2.04. The molecule has 0 aliphatic heterocycles. The van der Waals surface area contributed by atoms with Crippen LogP contribution in [-0.2, 0) is 16.1 Å². The lowest BCUT2D eigenvalue weighted by atomic mass is 10.4. The van der Waals surface area contributed by atoms with Gasteiger partial charge in [0.05, 0.1) is 19.0 Å². The van der Waals surface area contributed by atoms with E-state index in [0.29, 0.717) is 5.76 Å². The number of nitrogens with one attached hydrogen (secondary N) is 2. The first kappa shape index (κ1) is 13.0. The summed E-state index contributed by atoms with van der Waals surface area (Å²) >= 11 is 1.48. The summed E-state index contributed by atoms with van der Waals surface area (Å²) in [6.45, 7) is 0.161. The Kier molecular flexibility index (Phi) is 4.46. The molecule has 0 atom stereocenters. The van der Waals surface area contributed by atoms with Gasteiger partial charge in [0.25, 0.3) is 0 Å². The Morgan fingerprint density at radius 1 is 1.32 bits per heavy atom. The molecule has 0 radical (unpaired) electrons. The molecule has 7 heteroatoms. The quantitative estimate of drug-likeness (QED) is 0.499. The molecule has 19 heavy (non-hydrogen) atoms. The van der Waals surface area contributed by atoms with E-state index < -0.39 is 11.8 Å². The van der Waals surface area contributed by atoms with Crippen LogP contribution in [0.1, 0.15) is 10.6 Å². The van der Waals surface area contributed by atoms with Crippen molar-refractivity contribution in [2.24, 2.45) is 5.10 Å². The highest BCUT2D eigenvalue weighted by atomic mass is 32.1. The summed E-state index contributed by atoms with van der Waals surface area (Å²) in [6.07, 6.45) is 2.97. The van der Waals surface area contributed by atoms with Gasteiger partial charge in [-0.05, 0) is 23.6 Å². The van der Waals surface area contributed by atoms with Crippen molar-refractivity contribution in [1.82, 2.24) is 10.7 Å². The summed E-state index contributed by atoms with van der Waals surface area (Å²) < 4.78 is 5.02. The minimum absolute atomic E-state index is 0.161. The first-order chi connectivity index (χ1) is 9.25. The molecule has 0 fully saturated rings. The van der Waals surface area contributed by atoms with E-state index in [-0.39, 0.29) is 6.54 Å². The van der Waals surface area contributed by atoms with Crippen molar-refractivity contribution in [2.75, 3.05) is 0 Å². The molecule has 0 spiro atoms. The van der Waals surface area contributed by atoms with Crippen LogP contribution in [0.5, 0.6) is 0 Å². The predicted octanol–water partition coefficient (Wildman–Crippen LogP) is 1.11. The van der Waals surface area contributed by atoms with Gasteiger partial charge < -0.3 is 9.73 Å². The van der Waals surface area contributed by atoms with Gasteiger partial charge in [-0.25, -0.2) is 5.43 Å². The summed E-state index contributed by atoms with van der Waals surface area (Å²) in [7, 11) is 0. The topological polar surface area (TPSA) is 83.7 Å². The van der Waals surface area contributed by atoms with Gasteiger partial charge in [-0.3, -0.25) is 9.59 Å². The molecule has 0 unspecified atom stereocenters. The highest BCUT2D eigenvalue weighted by molar-refractivity contribution is 7.11. The van der Waals surface area contributed by atoms with Crippen molar-refractivity contribution in [1.29, 1.82) is 0 Å². The Morgan fingerprint density at radius 2 is 2.21 bits per heavy atom. The molecule has 0 aliphatic carbocycles. The minimum atomic E-state index is -0.820. The molecule has 6 nitrogen and oxygen atoms in total. The SMILES string of the molecule is O=C(NCc1ccco1)C(=O)N/N=C\c1cccs1. The second kappa shape index (κ2) is 6.50. The van der Waals surface area contributed by atoms with Gasteiger partial charge in [-0.15, -0.1) is 11.3 Å². The van der Waals surface area contributed by atoms with Crippen molar-refractivity contribution in [3.8, 4) is 0 Å². The van der Waals surface area contributed by atoms with Crippen molar-refractivity contribution in [3.63, 3.8) is 0 Å². The molecular weight excluding hydrogens is 266 g/mol. The third-order valence-corrected chi connectivity index (χ3v) is 2.92. The van der Waals surface area contributed by atoms with Crippen LogP contribution in [0.4, 0.5) is 0 Å². The van der Waals surface area contributed by atoms with E-state index in [2.05, 4.69) is 15.8 Å². The van der Waals surface area contributed by atoms with E-state index in [1.54, 1.807) is 12.1 Å². The van der Waals surface area contributed by atoms with Gasteiger partial charge in [-0.2, -0.15) is 5.10 Å². The number of furan rings is 1. The van der Waals surface area contributed by atoms with Gasteiger partial charge in [-0.1, -0.05) is 6.07 Å². The normalized spacial score (nSPS) is 10.5.